The molecule has 6 rings (SSSR count). The predicted octanol–water partition coefficient (Wildman–Crippen LogP) is 4.41. The monoisotopic (exact) mass is 540 g/mol. The van der Waals surface area contributed by atoms with E-state index in [1.807, 2.05) is 0 Å². The minimum Gasteiger partial charge on any atom is -0.381 e. The molecular weight excluding hydrogens is 520 g/mol. The van der Waals surface area contributed by atoms with Crippen molar-refractivity contribution in [1.29, 1.82) is 0 Å². The fraction of sp³-hybridized carbons (Fsp3) is 0.269. The van der Waals surface area contributed by atoms with Crippen molar-refractivity contribution < 1.29 is 31.9 Å². The number of amides is 2. The van der Waals surface area contributed by atoms with Gasteiger partial charge in [-0.3, -0.25) is 9.59 Å². The van der Waals surface area contributed by atoms with Gasteiger partial charge in [-0.15, -0.1) is 0 Å². The summed E-state index contributed by atoms with van der Waals surface area (Å²) < 4.78 is 60.8. The molecule has 2 aliphatic rings. The summed E-state index contributed by atoms with van der Waals surface area (Å²) in [6, 6.07) is 6.10. The van der Waals surface area contributed by atoms with Crippen molar-refractivity contribution in [3.63, 3.8) is 0 Å². The van der Waals surface area contributed by atoms with Gasteiger partial charge in [-0.2, -0.15) is 18.3 Å². The van der Waals surface area contributed by atoms with Crippen molar-refractivity contribution in [2.75, 3.05) is 18.5 Å². The average molecular weight is 540 g/mol. The van der Waals surface area contributed by atoms with Crippen LogP contribution in [0.2, 0.25) is 0 Å². The quantitative estimate of drug-likeness (QED) is 0.371. The van der Waals surface area contributed by atoms with Crippen LogP contribution >= 0.6 is 0 Å². The fourth-order valence-corrected chi connectivity index (χ4v) is 5.03. The van der Waals surface area contributed by atoms with Crippen molar-refractivity contribution >= 4 is 23.1 Å². The lowest BCUT2D eigenvalue weighted by Crippen LogP contribution is -2.30. The van der Waals surface area contributed by atoms with Crippen LogP contribution in [0.15, 0.2) is 48.9 Å². The highest BCUT2D eigenvalue weighted by Crippen LogP contribution is 2.41. The molecule has 13 heteroatoms. The van der Waals surface area contributed by atoms with E-state index in [0.29, 0.717) is 60.7 Å². The van der Waals surface area contributed by atoms with Crippen molar-refractivity contribution in [3.8, 4) is 11.3 Å². The summed E-state index contributed by atoms with van der Waals surface area (Å²) in [6.07, 6.45) is -0.510. The normalized spacial score (nSPS) is 17.7. The van der Waals surface area contributed by atoms with Crippen molar-refractivity contribution in [2.45, 2.75) is 25.1 Å². The second-order valence-corrected chi connectivity index (χ2v) is 9.38. The van der Waals surface area contributed by atoms with Gasteiger partial charge in [0.05, 0.1) is 23.0 Å². The summed E-state index contributed by atoms with van der Waals surface area (Å²) in [7, 11) is 0. The average Bonchev–Trinajstić information content (AvgIpc) is 3.52. The molecule has 1 saturated heterocycles. The van der Waals surface area contributed by atoms with Crippen LogP contribution in [-0.2, 0) is 10.9 Å². The molecule has 1 unspecified atom stereocenters. The zero-order valence-corrected chi connectivity index (χ0v) is 20.1. The predicted molar refractivity (Wildman–Crippen MR) is 129 cm³/mol. The molecule has 1 aromatic carbocycles. The molecule has 3 aromatic heterocycles. The van der Waals surface area contributed by atoms with E-state index in [9.17, 15) is 27.2 Å². The smallest absolute Gasteiger partial charge is 0.381 e. The third kappa shape index (κ3) is 4.69. The molecule has 1 atom stereocenters. The van der Waals surface area contributed by atoms with Crippen LogP contribution in [-0.4, -0.2) is 44.6 Å². The Bertz CT molecular complexity index is 1610. The van der Waals surface area contributed by atoms with Crippen molar-refractivity contribution in [1.82, 2.24) is 24.9 Å². The van der Waals surface area contributed by atoms with Crippen LogP contribution in [0.3, 0.4) is 0 Å². The number of hydrogen-bond donors (Lipinski definition) is 2. The zero-order valence-electron chi connectivity index (χ0n) is 20.1. The van der Waals surface area contributed by atoms with E-state index in [1.165, 1.54) is 10.8 Å². The van der Waals surface area contributed by atoms with Crippen LogP contribution in [0.4, 0.5) is 23.2 Å². The standard InChI is InChI=1S/C26H20F4N6O3/c27-17-8-15(7-16(9-17)26(28,29)30)24(37)34-19-10-18(14-1-2-20-31-12-32-36(20)11-14)33-23-21(19)22(35-25(23)38)13-3-5-39-6-4-13/h1-2,7-13,22H,3-6H2,(H,35,38)(H,33,34,37). The molecule has 39 heavy (non-hydrogen) atoms. The number of ether oxygens (including phenoxy) is 1. The van der Waals surface area contributed by atoms with Gasteiger partial charge in [-0.1, -0.05) is 0 Å². The second kappa shape index (κ2) is 9.42. The summed E-state index contributed by atoms with van der Waals surface area (Å²) in [5, 5.41) is 9.67. The van der Waals surface area contributed by atoms with Gasteiger partial charge in [0, 0.05) is 36.1 Å². The molecule has 9 nitrogen and oxygen atoms in total. The third-order valence-corrected chi connectivity index (χ3v) is 6.91. The zero-order chi connectivity index (χ0) is 27.3. The largest absolute Gasteiger partial charge is 0.416 e. The minimum absolute atomic E-state index is 0.00949. The number of nitrogens with one attached hydrogen (secondary N) is 2. The first kappa shape index (κ1) is 24.9. The SMILES string of the molecule is O=C(Nc1cc(-c2ccc3ncnn3c2)nc2c1C(C1CCOCC1)NC2=O)c1cc(F)cc(C(F)(F)F)c1. The maximum atomic E-state index is 14.0. The number of halogens is 4. The molecule has 0 radical (unpaired) electrons. The molecule has 1 fully saturated rings. The number of carbonyl (C=O) groups excluding carboxylic acids is 2. The summed E-state index contributed by atoms with van der Waals surface area (Å²) >= 11 is 0. The van der Waals surface area contributed by atoms with Gasteiger partial charge < -0.3 is 15.4 Å². The molecule has 0 saturated carbocycles. The van der Waals surface area contributed by atoms with E-state index in [1.54, 1.807) is 24.4 Å². The Morgan fingerprint density at radius 1 is 1.13 bits per heavy atom. The molecule has 2 N–H and O–H groups in total. The molecule has 2 aliphatic heterocycles. The van der Waals surface area contributed by atoms with Gasteiger partial charge >= 0.3 is 6.18 Å². The number of alkyl halides is 3. The molecule has 0 spiro atoms. The number of nitrogens with zero attached hydrogens (tertiary/aromatic N) is 4. The van der Waals surface area contributed by atoms with E-state index in [-0.39, 0.29) is 17.3 Å². The highest BCUT2D eigenvalue weighted by atomic mass is 19.4. The van der Waals surface area contributed by atoms with E-state index >= 15 is 0 Å². The number of benzene rings is 1. The lowest BCUT2D eigenvalue weighted by molar-refractivity contribution is -0.137. The third-order valence-electron chi connectivity index (χ3n) is 6.91. The number of rotatable bonds is 4. The Hall–Kier alpha value is -4.39. The van der Waals surface area contributed by atoms with Crippen LogP contribution in [0, 0.1) is 11.7 Å². The number of carbonyl (C=O) groups is 2. The van der Waals surface area contributed by atoms with Crippen LogP contribution < -0.4 is 10.6 Å². The maximum absolute atomic E-state index is 14.0. The number of pyridine rings is 2. The van der Waals surface area contributed by atoms with Gasteiger partial charge in [0.1, 0.15) is 17.8 Å². The molecule has 5 heterocycles. The topological polar surface area (TPSA) is 111 Å². The van der Waals surface area contributed by atoms with E-state index in [2.05, 4.69) is 25.7 Å². The van der Waals surface area contributed by atoms with E-state index < -0.39 is 41.0 Å². The van der Waals surface area contributed by atoms with Gasteiger partial charge in [0.2, 0.25) is 0 Å². The lowest BCUT2D eigenvalue weighted by atomic mass is 9.87. The summed E-state index contributed by atoms with van der Waals surface area (Å²) in [5.74, 6) is -2.61. The lowest BCUT2D eigenvalue weighted by Gasteiger charge is -2.29. The molecule has 0 bridgehead atoms. The highest BCUT2D eigenvalue weighted by molar-refractivity contribution is 6.07. The first-order chi connectivity index (χ1) is 18.7. The van der Waals surface area contributed by atoms with Gasteiger partial charge in [0.15, 0.2) is 5.65 Å². The summed E-state index contributed by atoms with van der Waals surface area (Å²) in [6.45, 7) is 1.00. The van der Waals surface area contributed by atoms with Gasteiger partial charge in [-0.25, -0.2) is 18.9 Å². The number of fused-ring (bicyclic) bond motifs is 2. The maximum Gasteiger partial charge on any atom is 0.416 e. The minimum atomic E-state index is -4.84. The molecule has 0 aliphatic carbocycles. The van der Waals surface area contributed by atoms with Crippen LogP contribution in [0.5, 0.6) is 0 Å². The number of hydrogen-bond acceptors (Lipinski definition) is 6. The number of aromatic nitrogens is 4. The Kier molecular flexibility index (Phi) is 6.02. The highest BCUT2D eigenvalue weighted by Gasteiger charge is 2.39. The molecule has 2 amide bonds. The molecule has 200 valence electrons. The Labute approximate surface area is 218 Å². The van der Waals surface area contributed by atoms with Crippen molar-refractivity contribution in [2.24, 2.45) is 5.92 Å². The van der Waals surface area contributed by atoms with Crippen LogP contribution in [0.1, 0.15) is 50.9 Å². The first-order valence-electron chi connectivity index (χ1n) is 12.1. The van der Waals surface area contributed by atoms with Gasteiger partial charge in [0.25, 0.3) is 11.8 Å². The van der Waals surface area contributed by atoms with E-state index in [0.717, 1.165) is 6.07 Å². The Morgan fingerprint density at radius 2 is 1.92 bits per heavy atom. The summed E-state index contributed by atoms with van der Waals surface area (Å²) in [4.78, 5) is 34.9. The first-order valence-corrected chi connectivity index (χ1v) is 12.1. The van der Waals surface area contributed by atoms with Gasteiger partial charge in [-0.05, 0) is 55.2 Å². The summed E-state index contributed by atoms with van der Waals surface area (Å²) in [5.41, 5.74) is 0.359. The van der Waals surface area contributed by atoms with Crippen LogP contribution in [0.25, 0.3) is 16.9 Å². The molecular formula is C26H20F4N6O3. The number of anilines is 1. The Morgan fingerprint density at radius 3 is 2.69 bits per heavy atom. The Balaban J connectivity index is 1.45. The fourth-order valence-electron chi connectivity index (χ4n) is 5.03. The van der Waals surface area contributed by atoms with E-state index in [4.69, 9.17) is 4.74 Å². The second-order valence-electron chi connectivity index (χ2n) is 9.38. The van der Waals surface area contributed by atoms with Crippen molar-refractivity contribution in [3.05, 3.63) is 77.1 Å². The molecule has 4 aromatic rings.